The molecule has 3 rings (SSSR count). The molecule has 6 heteroatoms. The van der Waals surface area contributed by atoms with Crippen LogP contribution in [-0.4, -0.2) is 9.38 Å². The standard InChI is InChI=1S/C15H12Cl2N4/c1-9-5-6-21-14(7-9)18-10(2)15(21)20-19-13-8-11(16)3-4-12(13)17/h3-8H,1-2H3. The number of rotatable bonds is 2. The van der Waals surface area contributed by atoms with E-state index in [-0.39, 0.29) is 0 Å². The van der Waals surface area contributed by atoms with Gasteiger partial charge in [-0.25, -0.2) is 4.98 Å². The maximum Gasteiger partial charge on any atom is 0.182 e. The number of pyridine rings is 1. The van der Waals surface area contributed by atoms with E-state index in [1.165, 1.54) is 0 Å². The number of nitrogens with zero attached hydrogens (tertiary/aromatic N) is 4. The summed E-state index contributed by atoms with van der Waals surface area (Å²) in [5, 5.41) is 9.54. The van der Waals surface area contributed by atoms with Crippen LogP contribution in [0.3, 0.4) is 0 Å². The van der Waals surface area contributed by atoms with Crippen molar-refractivity contribution in [3.63, 3.8) is 0 Å². The predicted molar refractivity (Wildman–Crippen MR) is 85.3 cm³/mol. The number of imidazole rings is 1. The zero-order valence-corrected chi connectivity index (χ0v) is 13.0. The molecular formula is C15H12Cl2N4. The summed E-state index contributed by atoms with van der Waals surface area (Å²) in [6.45, 7) is 3.92. The van der Waals surface area contributed by atoms with Crippen molar-refractivity contribution in [2.24, 2.45) is 10.2 Å². The van der Waals surface area contributed by atoms with Gasteiger partial charge in [-0.2, -0.15) is 0 Å². The van der Waals surface area contributed by atoms with E-state index in [1.54, 1.807) is 18.2 Å². The minimum Gasteiger partial charge on any atom is -0.283 e. The summed E-state index contributed by atoms with van der Waals surface area (Å²) < 4.78 is 1.89. The largest absolute Gasteiger partial charge is 0.283 e. The van der Waals surface area contributed by atoms with Gasteiger partial charge < -0.3 is 0 Å². The van der Waals surface area contributed by atoms with Crippen molar-refractivity contribution in [3.05, 3.63) is 57.8 Å². The van der Waals surface area contributed by atoms with Gasteiger partial charge in [0.15, 0.2) is 5.82 Å². The zero-order chi connectivity index (χ0) is 15.0. The number of aromatic nitrogens is 2. The van der Waals surface area contributed by atoms with Crippen LogP contribution >= 0.6 is 23.2 Å². The van der Waals surface area contributed by atoms with Crippen LogP contribution in [-0.2, 0) is 0 Å². The molecule has 0 N–H and O–H groups in total. The first-order chi connectivity index (χ1) is 10.0. The molecule has 0 unspecified atom stereocenters. The zero-order valence-electron chi connectivity index (χ0n) is 11.5. The van der Waals surface area contributed by atoms with Gasteiger partial charge in [0.05, 0.1) is 10.7 Å². The molecule has 0 amide bonds. The Hall–Kier alpha value is -1.91. The average molecular weight is 319 g/mol. The van der Waals surface area contributed by atoms with Crippen molar-refractivity contribution in [2.75, 3.05) is 0 Å². The quantitative estimate of drug-likeness (QED) is 0.561. The van der Waals surface area contributed by atoms with Crippen LogP contribution in [0.2, 0.25) is 10.0 Å². The summed E-state index contributed by atoms with van der Waals surface area (Å²) >= 11 is 12.0. The van der Waals surface area contributed by atoms with Gasteiger partial charge in [0.2, 0.25) is 0 Å². The summed E-state index contributed by atoms with van der Waals surface area (Å²) in [7, 11) is 0. The van der Waals surface area contributed by atoms with Crippen LogP contribution in [0.15, 0.2) is 46.8 Å². The normalized spacial score (nSPS) is 11.6. The SMILES string of the molecule is Cc1ccn2c(N=Nc3cc(Cl)ccc3Cl)c(C)nc2c1. The number of azo groups is 1. The van der Waals surface area contributed by atoms with Crippen LogP contribution in [0.5, 0.6) is 0 Å². The van der Waals surface area contributed by atoms with Crippen molar-refractivity contribution < 1.29 is 0 Å². The number of aryl methyl sites for hydroxylation is 2. The summed E-state index contributed by atoms with van der Waals surface area (Å²) in [5.74, 6) is 0.682. The van der Waals surface area contributed by atoms with E-state index < -0.39 is 0 Å². The number of halogens is 2. The van der Waals surface area contributed by atoms with Gasteiger partial charge in [-0.1, -0.05) is 23.2 Å². The maximum atomic E-state index is 6.08. The fourth-order valence-electron chi connectivity index (χ4n) is 2.04. The van der Waals surface area contributed by atoms with E-state index in [0.29, 0.717) is 21.6 Å². The molecule has 1 aromatic carbocycles. The fraction of sp³-hybridized carbons (Fsp3) is 0.133. The lowest BCUT2D eigenvalue weighted by atomic mass is 10.3. The average Bonchev–Trinajstić information content (AvgIpc) is 2.74. The molecule has 21 heavy (non-hydrogen) atoms. The number of benzene rings is 1. The highest BCUT2D eigenvalue weighted by atomic mass is 35.5. The van der Waals surface area contributed by atoms with Crippen LogP contribution in [0.1, 0.15) is 11.3 Å². The third kappa shape index (κ3) is 2.77. The van der Waals surface area contributed by atoms with Crippen LogP contribution in [0.25, 0.3) is 5.65 Å². The Labute approximate surface area is 132 Å². The molecule has 2 heterocycles. The van der Waals surface area contributed by atoms with Gasteiger partial charge >= 0.3 is 0 Å². The molecule has 0 saturated heterocycles. The molecule has 2 aromatic heterocycles. The summed E-state index contributed by atoms with van der Waals surface area (Å²) in [5.41, 5.74) is 3.33. The van der Waals surface area contributed by atoms with Crippen molar-refractivity contribution in [1.82, 2.24) is 9.38 Å². The van der Waals surface area contributed by atoms with E-state index in [0.717, 1.165) is 16.9 Å². The highest BCUT2D eigenvalue weighted by molar-refractivity contribution is 6.35. The van der Waals surface area contributed by atoms with Gasteiger partial charge in [0, 0.05) is 11.2 Å². The smallest absolute Gasteiger partial charge is 0.182 e. The molecule has 0 spiro atoms. The number of hydrogen-bond acceptors (Lipinski definition) is 3. The molecule has 0 radical (unpaired) electrons. The Morgan fingerprint density at radius 2 is 1.86 bits per heavy atom. The predicted octanol–water partition coefficient (Wildman–Crippen LogP) is 5.67. The van der Waals surface area contributed by atoms with E-state index in [4.69, 9.17) is 23.2 Å². The highest BCUT2D eigenvalue weighted by Crippen LogP contribution is 2.30. The van der Waals surface area contributed by atoms with Crippen molar-refractivity contribution >= 4 is 40.4 Å². The van der Waals surface area contributed by atoms with E-state index in [1.807, 2.05) is 36.6 Å². The maximum absolute atomic E-state index is 6.08. The van der Waals surface area contributed by atoms with Crippen molar-refractivity contribution in [3.8, 4) is 0 Å². The summed E-state index contributed by atoms with van der Waals surface area (Å²) in [6.07, 6.45) is 1.93. The Kier molecular flexibility index (Phi) is 3.66. The molecule has 0 saturated carbocycles. The molecule has 0 aliphatic rings. The summed E-state index contributed by atoms with van der Waals surface area (Å²) in [6, 6.07) is 9.09. The minimum absolute atomic E-state index is 0.505. The molecule has 0 aliphatic heterocycles. The summed E-state index contributed by atoms with van der Waals surface area (Å²) in [4.78, 5) is 4.48. The molecule has 3 aromatic rings. The first-order valence-corrected chi connectivity index (χ1v) is 7.12. The highest BCUT2D eigenvalue weighted by Gasteiger charge is 2.08. The molecular weight excluding hydrogens is 307 g/mol. The minimum atomic E-state index is 0.505. The van der Waals surface area contributed by atoms with Crippen molar-refractivity contribution in [2.45, 2.75) is 13.8 Å². The lowest BCUT2D eigenvalue weighted by molar-refractivity contribution is 1.09. The van der Waals surface area contributed by atoms with Crippen LogP contribution < -0.4 is 0 Å². The second kappa shape index (κ2) is 5.47. The molecule has 106 valence electrons. The molecule has 0 aliphatic carbocycles. The first-order valence-electron chi connectivity index (χ1n) is 6.37. The Balaban J connectivity index is 2.07. The second-order valence-electron chi connectivity index (χ2n) is 4.75. The molecule has 0 bridgehead atoms. The lowest BCUT2D eigenvalue weighted by Gasteiger charge is -1.99. The monoisotopic (exact) mass is 318 g/mol. The van der Waals surface area contributed by atoms with E-state index in [2.05, 4.69) is 15.2 Å². The van der Waals surface area contributed by atoms with E-state index >= 15 is 0 Å². The van der Waals surface area contributed by atoms with Gasteiger partial charge in [0.1, 0.15) is 11.3 Å². The third-order valence-electron chi connectivity index (χ3n) is 3.08. The lowest BCUT2D eigenvalue weighted by Crippen LogP contribution is -1.84. The van der Waals surface area contributed by atoms with Gasteiger partial charge in [-0.15, -0.1) is 10.2 Å². The van der Waals surface area contributed by atoms with Crippen LogP contribution in [0.4, 0.5) is 11.5 Å². The van der Waals surface area contributed by atoms with Gasteiger partial charge in [-0.05, 0) is 49.7 Å². The molecule has 0 fully saturated rings. The third-order valence-corrected chi connectivity index (χ3v) is 3.64. The molecule has 0 atom stereocenters. The van der Waals surface area contributed by atoms with Crippen LogP contribution in [0, 0.1) is 13.8 Å². The topological polar surface area (TPSA) is 42.0 Å². The Morgan fingerprint density at radius 1 is 1.05 bits per heavy atom. The number of fused-ring (bicyclic) bond motifs is 1. The Bertz CT molecular complexity index is 852. The Morgan fingerprint density at radius 3 is 2.67 bits per heavy atom. The van der Waals surface area contributed by atoms with Gasteiger partial charge in [0.25, 0.3) is 0 Å². The van der Waals surface area contributed by atoms with Crippen molar-refractivity contribution in [1.29, 1.82) is 0 Å². The van der Waals surface area contributed by atoms with Gasteiger partial charge in [-0.3, -0.25) is 4.40 Å². The van der Waals surface area contributed by atoms with E-state index in [9.17, 15) is 0 Å². The fourth-order valence-corrected chi connectivity index (χ4v) is 2.36. The number of hydrogen-bond donors (Lipinski definition) is 0. The first kappa shape index (κ1) is 14.0. The second-order valence-corrected chi connectivity index (χ2v) is 5.59. The molecule has 4 nitrogen and oxygen atoms in total.